The van der Waals surface area contributed by atoms with Crippen LogP contribution in [-0.4, -0.2) is 49.7 Å². The molecule has 1 aliphatic heterocycles. The number of primary amides is 1. The maximum Gasteiger partial charge on any atom is 0.319 e. The van der Waals surface area contributed by atoms with E-state index in [0.717, 1.165) is 12.8 Å². The van der Waals surface area contributed by atoms with E-state index in [1.165, 1.54) is 7.11 Å². The van der Waals surface area contributed by atoms with E-state index < -0.39 is 0 Å². The van der Waals surface area contributed by atoms with E-state index in [4.69, 9.17) is 5.73 Å². The first-order valence-electron chi connectivity index (χ1n) is 4.98. The number of nitrogens with zero attached hydrogens (tertiary/aromatic N) is 1. The van der Waals surface area contributed by atoms with Crippen molar-refractivity contribution in [2.75, 3.05) is 26.7 Å². The van der Waals surface area contributed by atoms with Crippen molar-refractivity contribution in [2.45, 2.75) is 18.9 Å². The van der Waals surface area contributed by atoms with Crippen LogP contribution in [-0.2, 0) is 9.53 Å². The average Bonchev–Trinajstić information content (AvgIpc) is 2.26. The summed E-state index contributed by atoms with van der Waals surface area (Å²) in [5, 5.41) is 3.08. The van der Waals surface area contributed by atoms with Gasteiger partial charge in [0.2, 0.25) is 0 Å². The van der Waals surface area contributed by atoms with E-state index in [9.17, 15) is 9.59 Å². The molecule has 3 N–H and O–H groups in total. The minimum atomic E-state index is -0.374. The molecular weight excluding hydrogens is 198 g/mol. The van der Waals surface area contributed by atoms with Crippen LogP contribution < -0.4 is 11.1 Å². The number of nitrogens with two attached hydrogens (primary N) is 1. The fraction of sp³-hybridized carbons (Fsp3) is 0.778. The molecule has 0 radical (unpaired) electrons. The fourth-order valence-electron chi connectivity index (χ4n) is 1.60. The zero-order valence-electron chi connectivity index (χ0n) is 8.86. The number of carbonyl (C=O) groups is 2. The Balaban J connectivity index is 2.20. The summed E-state index contributed by atoms with van der Waals surface area (Å²) < 4.78 is 4.51. The van der Waals surface area contributed by atoms with Crippen molar-refractivity contribution in [3.05, 3.63) is 0 Å². The molecule has 0 spiro atoms. The third kappa shape index (κ3) is 3.75. The lowest BCUT2D eigenvalue weighted by Gasteiger charge is -2.30. The monoisotopic (exact) mass is 215 g/mol. The highest BCUT2D eigenvalue weighted by Crippen LogP contribution is 2.09. The second kappa shape index (κ2) is 5.55. The highest BCUT2D eigenvalue weighted by molar-refractivity contribution is 5.72. The zero-order chi connectivity index (χ0) is 11.3. The SMILES string of the molecule is COC(=O)CNC1CCN(C(N)=O)CC1. The van der Waals surface area contributed by atoms with E-state index in [0.29, 0.717) is 13.1 Å². The molecule has 1 saturated heterocycles. The Morgan fingerprint density at radius 2 is 2.07 bits per heavy atom. The van der Waals surface area contributed by atoms with Crippen LogP contribution >= 0.6 is 0 Å². The lowest BCUT2D eigenvalue weighted by molar-refractivity contribution is -0.139. The van der Waals surface area contributed by atoms with E-state index in [1.54, 1.807) is 4.90 Å². The smallest absolute Gasteiger partial charge is 0.319 e. The maximum absolute atomic E-state index is 10.9. The van der Waals surface area contributed by atoms with Gasteiger partial charge in [0.1, 0.15) is 0 Å². The van der Waals surface area contributed by atoms with Gasteiger partial charge < -0.3 is 20.7 Å². The Morgan fingerprint density at radius 3 is 2.53 bits per heavy atom. The van der Waals surface area contributed by atoms with Crippen LogP contribution in [0, 0.1) is 0 Å². The molecule has 6 heteroatoms. The fourth-order valence-corrected chi connectivity index (χ4v) is 1.60. The van der Waals surface area contributed by atoms with E-state index in [1.807, 2.05) is 0 Å². The minimum absolute atomic E-state index is 0.220. The van der Waals surface area contributed by atoms with E-state index in [2.05, 4.69) is 10.1 Å². The second-order valence-corrected chi connectivity index (χ2v) is 3.56. The van der Waals surface area contributed by atoms with Gasteiger partial charge in [-0.05, 0) is 12.8 Å². The predicted octanol–water partition coefficient (Wildman–Crippen LogP) is -0.708. The Labute approximate surface area is 88.7 Å². The van der Waals surface area contributed by atoms with Crippen molar-refractivity contribution in [3.8, 4) is 0 Å². The Hall–Kier alpha value is -1.30. The van der Waals surface area contributed by atoms with Gasteiger partial charge in [-0.1, -0.05) is 0 Å². The lowest BCUT2D eigenvalue weighted by atomic mass is 10.1. The Bertz CT molecular complexity index is 237. The van der Waals surface area contributed by atoms with Crippen LogP contribution in [0.1, 0.15) is 12.8 Å². The van der Waals surface area contributed by atoms with Gasteiger partial charge in [-0.2, -0.15) is 0 Å². The maximum atomic E-state index is 10.9. The summed E-state index contributed by atoms with van der Waals surface area (Å²) in [6.45, 7) is 1.51. The predicted molar refractivity (Wildman–Crippen MR) is 54.2 cm³/mol. The van der Waals surface area contributed by atoms with Crippen LogP contribution in [0.5, 0.6) is 0 Å². The topological polar surface area (TPSA) is 84.7 Å². The van der Waals surface area contributed by atoms with Crippen molar-refractivity contribution in [2.24, 2.45) is 5.73 Å². The molecular formula is C9H17N3O3. The summed E-state index contributed by atoms with van der Waals surface area (Å²) >= 11 is 0. The van der Waals surface area contributed by atoms with Gasteiger partial charge in [0.25, 0.3) is 0 Å². The first-order valence-corrected chi connectivity index (χ1v) is 4.98. The number of methoxy groups -OCH3 is 1. The van der Waals surface area contributed by atoms with Gasteiger partial charge in [-0.3, -0.25) is 4.79 Å². The molecule has 15 heavy (non-hydrogen) atoms. The van der Waals surface area contributed by atoms with Gasteiger partial charge in [-0.15, -0.1) is 0 Å². The molecule has 0 saturated carbocycles. The summed E-state index contributed by atoms with van der Waals surface area (Å²) in [6.07, 6.45) is 1.64. The van der Waals surface area contributed by atoms with Gasteiger partial charge in [0.05, 0.1) is 13.7 Å². The molecule has 0 unspecified atom stereocenters. The number of urea groups is 1. The zero-order valence-corrected chi connectivity index (χ0v) is 8.86. The third-order valence-corrected chi connectivity index (χ3v) is 2.57. The highest BCUT2D eigenvalue weighted by atomic mass is 16.5. The molecule has 1 aliphatic rings. The first kappa shape index (κ1) is 11.8. The van der Waals surface area contributed by atoms with Crippen molar-refractivity contribution in [1.82, 2.24) is 10.2 Å². The summed E-state index contributed by atoms with van der Waals surface area (Å²) in [4.78, 5) is 23.3. The molecule has 0 aromatic carbocycles. The first-order chi connectivity index (χ1) is 7.13. The van der Waals surface area contributed by atoms with Crippen LogP contribution in [0.15, 0.2) is 0 Å². The van der Waals surface area contributed by atoms with E-state index in [-0.39, 0.29) is 24.6 Å². The Morgan fingerprint density at radius 1 is 1.47 bits per heavy atom. The van der Waals surface area contributed by atoms with Crippen molar-refractivity contribution in [1.29, 1.82) is 0 Å². The van der Waals surface area contributed by atoms with Gasteiger partial charge in [0.15, 0.2) is 0 Å². The third-order valence-electron chi connectivity index (χ3n) is 2.57. The number of amides is 2. The normalized spacial score (nSPS) is 17.5. The molecule has 6 nitrogen and oxygen atoms in total. The largest absolute Gasteiger partial charge is 0.468 e. The minimum Gasteiger partial charge on any atom is -0.468 e. The van der Waals surface area contributed by atoms with Crippen LogP contribution in [0.25, 0.3) is 0 Å². The standard InChI is InChI=1S/C9H17N3O3/c1-15-8(13)6-11-7-2-4-12(5-3-7)9(10)14/h7,11H,2-6H2,1H3,(H2,10,14). The molecule has 1 rings (SSSR count). The molecule has 1 heterocycles. The van der Waals surface area contributed by atoms with Crippen molar-refractivity contribution >= 4 is 12.0 Å². The van der Waals surface area contributed by atoms with Gasteiger partial charge >= 0.3 is 12.0 Å². The molecule has 1 fully saturated rings. The molecule has 2 amide bonds. The van der Waals surface area contributed by atoms with E-state index >= 15 is 0 Å². The number of piperidine rings is 1. The van der Waals surface area contributed by atoms with Crippen LogP contribution in [0.3, 0.4) is 0 Å². The summed E-state index contributed by atoms with van der Waals surface area (Å²) in [5.74, 6) is -0.271. The lowest BCUT2D eigenvalue weighted by Crippen LogP contribution is -2.47. The average molecular weight is 215 g/mol. The molecule has 0 aliphatic carbocycles. The van der Waals surface area contributed by atoms with Gasteiger partial charge in [0, 0.05) is 19.1 Å². The quantitative estimate of drug-likeness (QED) is 0.609. The highest BCUT2D eigenvalue weighted by Gasteiger charge is 2.21. The molecule has 86 valence electrons. The van der Waals surface area contributed by atoms with Crippen LogP contribution in [0.4, 0.5) is 4.79 Å². The molecule has 0 atom stereocenters. The van der Waals surface area contributed by atoms with Gasteiger partial charge in [-0.25, -0.2) is 4.79 Å². The number of hydrogen-bond acceptors (Lipinski definition) is 4. The number of likely N-dealkylation sites (tertiary alicyclic amines) is 1. The molecule has 0 bridgehead atoms. The number of rotatable bonds is 3. The molecule has 0 aromatic rings. The summed E-state index contributed by atoms with van der Waals surface area (Å²) in [7, 11) is 1.36. The summed E-state index contributed by atoms with van der Waals surface area (Å²) in [6, 6.07) is -0.110. The van der Waals surface area contributed by atoms with Crippen molar-refractivity contribution in [3.63, 3.8) is 0 Å². The molecule has 0 aromatic heterocycles. The second-order valence-electron chi connectivity index (χ2n) is 3.56. The number of carbonyl (C=O) groups excluding carboxylic acids is 2. The number of ether oxygens (including phenoxy) is 1. The number of nitrogens with one attached hydrogen (secondary N) is 1. The van der Waals surface area contributed by atoms with Crippen LogP contribution in [0.2, 0.25) is 0 Å². The number of esters is 1. The Kier molecular flexibility index (Phi) is 4.36. The van der Waals surface area contributed by atoms with Crippen molar-refractivity contribution < 1.29 is 14.3 Å². The summed E-state index contributed by atoms with van der Waals surface area (Å²) in [5.41, 5.74) is 5.15. The number of hydrogen-bond donors (Lipinski definition) is 2.